The van der Waals surface area contributed by atoms with Crippen molar-refractivity contribution < 1.29 is 9.59 Å². The van der Waals surface area contributed by atoms with Crippen LogP contribution in [-0.4, -0.2) is 24.9 Å². The minimum Gasteiger partial charge on any atom is -0.346 e. The number of hydrogen-bond donors (Lipinski definition) is 3. The van der Waals surface area contributed by atoms with Crippen LogP contribution in [0.4, 0.5) is 0 Å². The second kappa shape index (κ2) is 7.05. The highest BCUT2D eigenvalue weighted by Crippen LogP contribution is 2.20. The van der Waals surface area contributed by atoms with Crippen LogP contribution in [0.3, 0.4) is 0 Å². The molecule has 0 aromatic heterocycles. The molecular weight excluding hydrogens is 254 g/mol. The number of rotatable bonds is 6. The van der Waals surface area contributed by atoms with Gasteiger partial charge in [0.05, 0.1) is 18.6 Å². The van der Waals surface area contributed by atoms with Crippen molar-refractivity contribution in [3.05, 3.63) is 35.4 Å². The van der Waals surface area contributed by atoms with Gasteiger partial charge in [0.2, 0.25) is 11.8 Å². The molecule has 0 bridgehead atoms. The van der Waals surface area contributed by atoms with Crippen LogP contribution in [0.15, 0.2) is 24.3 Å². The maximum absolute atomic E-state index is 11.8. The highest BCUT2D eigenvalue weighted by atomic mass is 16.2. The van der Waals surface area contributed by atoms with Crippen molar-refractivity contribution >= 4 is 11.8 Å². The van der Waals surface area contributed by atoms with Crippen LogP contribution in [0.2, 0.25) is 0 Å². The summed E-state index contributed by atoms with van der Waals surface area (Å²) in [7, 11) is 0. The maximum atomic E-state index is 11.8. The van der Waals surface area contributed by atoms with E-state index in [1.807, 2.05) is 26.0 Å². The Hall–Kier alpha value is -1.88. The molecule has 1 rings (SSSR count). The van der Waals surface area contributed by atoms with E-state index >= 15 is 0 Å². The summed E-state index contributed by atoms with van der Waals surface area (Å²) in [5, 5.41) is 5.34. The van der Waals surface area contributed by atoms with Gasteiger partial charge < -0.3 is 16.4 Å². The predicted octanol–water partition coefficient (Wildman–Crippen LogP) is 0.675. The molecule has 4 N–H and O–H groups in total. The van der Waals surface area contributed by atoms with Crippen molar-refractivity contribution in [2.75, 3.05) is 13.1 Å². The molecule has 1 aromatic carbocycles. The van der Waals surface area contributed by atoms with E-state index < -0.39 is 5.54 Å². The van der Waals surface area contributed by atoms with Crippen molar-refractivity contribution in [2.24, 2.45) is 5.73 Å². The Morgan fingerprint density at radius 3 is 2.25 bits per heavy atom. The lowest BCUT2D eigenvalue weighted by atomic mass is 9.93. The Labute approximate surface area is 119 Å². The normalized spacial score (nSPS) is 11.0. The van der Waals surface area contributed by atoms with Gasteiger partial charge in [-0.05, 0) is 31.4 Å². The number of benzene rings is 1. The quantitative estimate of drug-likeness (QED) is 0.714. The van der Waals surface area contributed by atoms with Crippen molar-refractivity contribution in [2.45, 2.75) is 32.7 Å². The molecule has 5 heteroatoms. The molecule has 1 aromatic rings. The summed E-state index contributed by atoms with van der Waals surface area (Å²) in [5.74, 6) is -0.582. The van der Waals surface area contributed by atoms with Gasteiger partial charge in [-0.1, -0.05) is 31.2 Å². The molecule has 0 aliphatic heterocycles. The Morgan fingerprint density at radius 2 is 1.75 bits per heavy atom. The Morgan fingerprint density at radius 1 is 1.15 bits per heavy atom. The van der Waals surface area contributed by atoms with Gasteiger partial charge >= 0.3 is 0 Å². The van der Waals surface area contributed by atoms with E-state index in [1.165, 1.54) is 5.56 Å². The molecule has 0 spiro atoms. The minimum atomic E-state index is -0.489. The lowest BCUT2D eigenvalue weighted by molar-refractivity contribution is -0.126. The lowest BCUT2D eigenvalue weighted by Crippen LogP contribution is -2.46. The van der Waals surface area contributed by atoms with Crippen LogP contribution < -0.4 is 16.4 Å². The third-order valence-corrected chi connectivity index (χ3v) is 3.17. The minimum absolute atomic E-state index is 0.0630. The molecule has 0 atom stereocenters. The first-order chi connectivity index (χ1) is 9.39. The number of nitrogens with two attached hydrogens (primary N) is 1. The van der Waals surface area contributed by atoms with Crippen LogP contribution in [0, 0.1) is 0 Å². The van der Waals surface area contributed by atoms with E-state index in [2.05, 4.69) is 29.7 Å². The van der Waals surface area contributed by atoms with E-state index in [-0.39, 0.29) is 24.9 Å². The molecule has 0 saturated heterocycles. The zero-order chi connectivity index (χ0) is 15.2. The molecule has 0 fully saturated rings. The number of aryl methyl sites for hydroxylation is 1. The van der Waals surface area contributed by atoms with Gasteiger partial charge in [-0.25, -0.2) is 0 Å². The molecule has 5 nitrogen and oxygen atoms in total. The summed E-state index contributed by atoms with van der Waals surface area (Å²) in [5.41, 5.74) is 6.95. The average molecular weight is 277 g/mol. The van der Waals surface area contributed by atoms with Gasteiger partial charge in [-0.2, -0.15) is 0 Å². The second-order valence-electron chi connectivity index (χ2n) is 5.20. The van der Waals surface area contributed by atoms with Crippen molar-refractivity contribution in [1.29, 1.82) is 0 Å². The molecule has 2 amide bonds. The first-order valence-electron chi connectivity index (χ1n) is 6.76. The van der Waals surface area contributed by atoms with Crippen LogP contribution >= 0.6 is 0 Å². The van der Waals surface area contributed by atoms with E-state index in [9.17, 15) is 9.59 Å². The van der Waals surface area contributed by atoms with Gasteiger partial charge in [-0.15, -0.1) is 0 Å². The van der Waals surface area contributed by atoms with E-state index in [0.717, 1.165) is 12.0 Å². The fraction of sp³-hybridized carbons (Fsp3) is 0.467. The standard InChI is InChI=1S/C15H23N3O2/c1-4-11-5-7-12(8-6-11)15(2,3)18-14(20)10-17-13(19)9-16/h5-8H,4,9-10,16H2,1-3H3,(H,17,19)(H,18,20). The Balaban J connectivity index is 2.63. The SMILES string of the molecule is CCc1ccc(C(C)(C)NC(=O)CNC(=O)CN)cc1. The fourth-order valence-electron chi connectivity index (χ4n) is 1.87. The molecule has 0 aliphatic rings. The summed E-state index contributed by atoms with van der Waals surface area (Å²) >= 11 is 0. The lowest BCUT2D eigenvalue weighted by Gasteiger charge is -2.27. The van der Waals surface area contributed by atoms with Gasteiger partial charge in [0.1, 0.15) is 0 Å². The summed E-state index contributed by atoms with van der Waals surface area (Å²) in [6.45, 7) is 5.77. The van der Waals surface area contributed by atoms with E-state index in [1.54, 1.807) is 0 Å². The smallest absolute Gasteiger partial charge is 0.240 e. The highest BCUT2D eigenvalue weighted by Gasteiger charge is 2.22. The maximum Gasteiger partial charge on any atom is 0.240 e. The molecule has 0 aliphatic carbocycles. The first kappa shape index (κ1) is 16.2. The third kappa shape index (κ3) is 4.66. The van der Waals surface area contributed by atoms with Gasteiger partial charge in [-0.3, -0.25) is 9.59 Å². The summed E-state index contributed by atoms with van der Waals surface area (Å²) < 4.78 is 0. The number of nitrogens with one attached hydrogen (secondary N) is 2. The zero-order valence-corrected chi connectivity index (χ0v) is 12.3. The van der Waals surface area contributed by atoms with Crippen molar-refractivity contribution in [3.8, 4) is 0 Å². The zero-order valence-electron chi connectivity index (χ0n) is 12.3. The summed E-state index contributed by atoms with van der Waals surface area (Å²) in [4.78, 5) is 22.8. The Bertz CT molecular complexity index is 467. The van der Waals surface area contributed by atoms with Crippen LogP contribution in [-0.2, 0) is 21.5 Å². The van der Waals surface area contributed by atoms with E-state index in [4.69, 9.17) is 5.73 Å². The molecule has 0 saturated carbocycles. The number of hydrogen-bond acceptors (Lipinski definition) is 3. The van der Waals surface area contributed by atoms with E-state index in [0.29, 0.717) is 0 Å². The van der Waals surface area contributed by atoms with Crippen molar-refractivity contribution in [3.63, 3.8) is 0 Å². The predicted molar refractivity (Wildman–Crippen MR) is 79.1 cm³/mol. The van der Waals surface area contributed by atoms with Gasteiger partial charge in [0.25, 0.3) is 0 Å². The second-order valence-corrected chi connectivity index (χ2v) is 5.20. The van der Waals surface area contributed by atoms with Crippen LogP contribution in [0.5, 0.6) is 0 Å². The summed E-state index contributed by atoms with van der Waals surface area (Å²) in [6, 6.07) is 8.13. The average Bonchev–Trinajstić information content (AvgIpc) is 2.44. The molecule has 110 valence electrons. The molecule has 20 heavy (non-hydrogen) atoms. The monoisotopic (exact) mass is 277 g/mol. The Kier molecular flexibility index (Phi) is 5.70. The number of carbonyl (C=O) groups is 2. The van der Waals surface area contributed by atoms with Crippen LogP contribution in [0.1, 0.15) is 31.9 Å². The van der Waals surface area contributed by atoms with Crippen molar-refractivity contribution in [1.82, 2.24) is 10.6 Å². The number of carbonyl (C=O) groups excluding carboxylic acids is 2. The third-order valence-electron chi connectivity index (χ3n) is 3.17. The fourth-order valence-corrected chi connectivity index (χ4v) is 1.87. The topological polar surface area (TPSA) is 84.2 Å². The molecule has 0 heterocycles. The largest absolute Gasteiger partial charge is 0.346 e. The van der Waals surface area contributed by atoms with Crippen LogP contribution in [0.25, 0.3) is 0 Å². The summed E-state index contributed by atoms with van der Waals surface area (Å²) in [6.07, 6.45) is 0.984. The molecular formula is C15H23N3O2. The molecule has 0 unspecified atom stereocenters. The highest BCUT2D eigenvalue weighted by molar-refractivity contribution is 5.85. The first-order valence-corrected chi connectivity index (χ1v) is 6.76. The van der Waals surface area contributed by atoms with Gasteiger partial charge in [0.15, 0.2) is 0 Å². The molecule has 0 radical (unpaired) electrons. The van der Waals surface area contributed by atoms with Gasteiger partial charge in [0, 0.05) is 0 Å². The number of amides is 2.